The summed E-state index contributed by atoms with van der Waals surface area (Å²) in [6, 6.07) is -0.712. The van der Waals surface area contributed by atoms with Crippen LogP contribution in [0.3, 0.4) is 0 Å². The van der Waals surface area contributed by atoms with Crippen LogP contribution in [-0.2, 0) is 14.3 Å². The van der Waals surface area contributed by atoms with Crippen molar-refractivity contribution in [3.63, 3.8) is 0 Å². The summed E-state index contributed by atoms with van der Waals surface area (Å²) >= 11 is 0. The Kier molecular flexibility index (Phi) is 45.6. The standard InChI is InChI=1S/C53H99NO5/c1-4-7-10-13-16-19-22-25-26-28-29-32-35-38-41-44-49(59-53(58)46-43-40-37-34-31-27-23-20-17-14-11-8-5-2)47-52(57)54-50(48-55)51(56)45-42-39-36-33-30-24-21-18-15-12-9-6-3/h25-27,31,37,40,49-51,55-56H,4-24,28-30,32-36,38-39,41-48H2,1-3H3,(H,54,57)/b26-25+,31-27-,40-37+. The van der Waals surface area contributed by atoms with Crippen LogP contribution in [0.4, 0.5) is 0 Å². The molecule has 0 spiro atoms. The molecule has 0 aromatic rings. The number of carbonyl (C=O) groups is 2. The number of unbranched alkanes of at least 4 members (excludes halogenated alkanes) is 28. The van der Waals surface area contributed by atoms with Crippen LogP contribution >= 0.6 is 0 Å². The third kappa shape index (κ3) is 42.6. The zero-order valence-corrected chi connectivity index (χ0v) is 39.4. The van der Waals surface area contributed by atoms with Crippen LogP contribution in [-0.4, -0.2) is 46.9 Å². The molecule has 0 fully saturated rings. The van der Waals surface area contributed by atoms with E-state index in [-0.39, 0.29) is 24.9 Å². The Labute approximate surface area is 366 Å². The summed E-state index contributed by atoms with van der Waals surface area (Å²) in [7, 11) is 0. The minimum atomic E-state index is -0.796. The molecule has 6 nitrogen and oxygen atoms in total. The number of hydrogen-bond donors (Lipinski definition) is 3. The van der Waals surface area contributed by atoms with Gasteiger partial charge in [-0.2, -0.15) is 0 Å². The van der Waals surface area contributed by atoms with Crippen molar-refractivity contribution in [2.75, 3.05) is 6.61 Å². The Morgan fingerprint density at radius 2 is 0.864 bits per heavy atom. The molecule has 0 bridgehead atoms. The number of hydrogen-bond acceptors (Lipinski definition) is 5. The Morgan fingerprint density at radius 1 is 0.492 bits per heavy atom. The molecule has 3 atom stereocenters. The predicted molar refractivity (Wildman–Crippen MR) is 255 cm³/mol. The summed E-state index contributed by atoms with van der Waals surface area (Å²) in [5, 5.41) is 23.7. The number of rotatable bonds is 46. The largest absolute Gasteiger partial charge is 0.462 e. The number of amides is 1. The van der Waals surface area contributed by atoms with E-state index in [1.165, 1.54) is 154 Å². The van der Waals surface area contributed by atoms with Crippen LogP contribution in [0, 0.1) is 0 Å². The first-order valence-electron chi connectivity index (χ1n) is 25.7. The Hall–Kier alpha value is -1.92. The van der Waals surface area contributed by atoms with Gasteiger partial charge in [-0.15, -0.1) is 0 Å². The molecule has 3 unspecified atom stereocenters. The van der Waals surface area contributed by atoms with Crippen LogP contribution in [0.5, 0.6) is 0 Å². The van der Waals surface area contributed by atoms with Gasteiger partial charge in [0.2, 0.25) is 5.91 Å². The first-order valence-corrected chi connectivity index (χ1v) is 25.7. The van der Waals surface area contributed by atoms with Gasteiger partial charge in [0.1, 0.15) is 6.10 Å². The fourth-order valence-corrected chi connectivity index (χ4v) is 7.77. The van der Waals surface area contributed by atoms with Gasteiger partial charge in [0.05, 0.1) is 25.2 Å². The quantitative estimate of drug-likeness (QED) is 0.0323. The molecule has 3 N–H and O–H groups in total. The van der Waals surface area contributed by atoms with Crippen molar-refractivity contribution in [2.45, 2.75) is 283 Å². The molecule has 0 aromatic carbocycles. The number of allylic oxidation sites excluding steroid dienone is 6. The molecule has 59 heavy (non-hydrogen) atoms. The first-order chi connectivity index (χ1) is 29.0. The second-order valence-corrected chi connectivity index (χ2v) is 17.6. The third-order valence-electron chi connectivity index (χ3n) is 11.7. The molecule has 346 valence electrons. The highest BCUT2D eigenvalue weighted by Crippen LogP contribution is 2.17. The van der Waals surface area contributed by atoms with Gasteiger partial charge in [0.15, 0.2) is 0 Å². The maximum Gasteiger partial charge on any atom is 0.306 e. The molecule has 1 amide bonds. The second-order valence-electron chi connectivity index (χ2n) is 17.6. The van der Waals surface area contributed by atoms with E-state index in [0.29, 0.717) is 25.7 Å². The predicted octanol–water partition coefficient (Wildman–Crippen LogP) is 15.3. The molecule has 0 saturated heterocycles. The topological polar surface area (TPSA) is 95.9 Å². The van der Waals surface area contributed by atoms with Gasteiger partial charge >= 0.3 is 5.97 Å². The zero-order chi connectivity index (χ0) is 43.1. The number of aliphatic hydroxyl groups excluding tert-OH is 2. The highest BCUT2D eigenvalue weighted by atomic mass is 16.5. The van der Waals surface area contributed by atoms with E-state index in [4.69, 9.17) is 4.74 Å². The summed E-state index contributed by atoms with van der Waals surface area (Å²) in [6.45, 7) is 6.46. The minimum absolute atomic E-state index is 0.0518. The number of carbonyl (C=O) groups excluding carboxylic acids is 2. The highest BCUT2D eigenvalue weighted by molar-refractivity contribution is 5.77. The first kappa shape index (κ1) is 57.1. The lowest BCUT2D eigenvalue weighted by Gasteiger charge is -2.24. The number of ether oxygens (including phenoxy) is 1. The average Bonchev–Trinajstić information content (AvgIpc) is 3.23. The van der Waals surface area contributed by atoms with E-state index in [0.717, 1.165) is 57.8 Å². The van der Waals surface area contributed by atoms with E-state index >= 15 is 0 Å². The van der Waals surface area contributed by atoms with Gasteiger partial charge in [-0.1, -0.05) is 218 Å². The second kappa shape index (κ2) is 47.1. The highest BCUT2D eigenvalue weighted by Gasteiger charge is 2.24. The molecule has 0 aromatic heterocycles. The maximum atomic E-state index is 13.2. The fourth-order valence-electron chi connectivity index (χ4n) is 7.77. The lowest BCUT2D eigenvalue weighted by molar-refractivity contribution is -0.150. The van der Waals surface area contributed by atoms with Crippen molar-refractivity contribution in [1.82, 2.24) is 5.32 Å². The van der Waals surface area contributed by atoms with Gasteiger partial charge < -0.3 is 20.3 Å². The van der Waals surface area contributed by atoms with Crippen molar-refractivity contribution in [1.29, 1.82) is 0 Å². The van der Waals surface area contributed by atoms with Crippen LogP contribution in [0.15, 0.2) is 36.5 Å². The molecule has 0 saturated carbocycles. The molecule has 0 aliphatic rings. The Morgan fingerprint density at radius 3 is 1.31 bits per heavy atom. The lowest BCUT2D eigenvalue weighted by atomic mass is 10.0. The molecular weight excluding hydrogens is 731 g/mol. The monoisotopic (exact) mass is 830 g/mol. The number of aliphatic hydroxyl groups is 2. The van der Waals surface area contributed by atoms with Gasteiger partial charge in [-0.05, 0) is 70.6 Å². The minimum Gasteiger partial charge on any atom is -0.462 e. The molecule has 0 aliphatic heterocycles. The van der Waals surface area contributed by atoms with Gasteiger partial charge in [-0.25, -0.2) is 0 Å². The van der Waals surface area contributed by atoms with Gasteiger partial charge in [0.25, 0.3) is 0 Å². The summed E-state index contributed by atoms with van der Waals surface area (Å²) in [5.74, 6) is -0.555. The summed E-state index contributed by atoms with van der Waals surface area (Å²) in [6.07, 6.45) is 55.0. The van der Waals surface area contributed by atoms with Crippen LogP contribution < -0.4 is 5.32 Å². The lowest BCUT2D eigenvalue weighted by Crippen LogP contribution is -2.46. The van der Waals surface area contributed by atoms with E-state index in [9.17, 15) is 19.8 Å². The van der Waals surface area contributed by atoms with Crippen molar-refractivity contribution >= 4 is 11.9 Å². The molecule has 0 rings (SSSR count). The molecular formula is C53H99NO5. The molecule has 6 heteroatoms. The SMILES string of the molecule is CCCCCCCC/C=C\C/C=C/CCC(=O)OC(CCCCCCC/C=C/CCCCCCCC)CC(=O)NC(CO)C(O)CCCCCCCCCCCCCC. The van der Waals surface area contributed by atoms with E-state index in [1.54, 1.807) is 0 Å². The number of nitrogens with one attached hydrogen (secondary N) is 1. The van der Waals surface area contributed by atoms with Gasteiger partial charge in [-0.3, -0.25) is 9.59 Å². The van der Waals surface area contributed by atoms with Gasteiger partial charge in [0, 0.05) is 6.42 Å². The number of esters is 1. The average molecular weight is 830 g/mol. The fraction of sp³-hybridized carbons (Fsp3) is 0.849. The van der Waals surface area contributed by atoms with Crippen LogP contribution in [0.1, 0.15) is 265 Å². The van der Waals surface area contributed by atoms with Crippen molar-refractivity contribution in [2.24, 2.45) is 0 Å². The third-order valence-corrected chi connectivity index (χ3v) is 11.7. The smallest absolute Gasteiger partial charge is 0.306 e. The molecule has 0 heterocycles. The normalized spacial score (nSPS) is 13.5. The van der Waals surface area contributed by atoms with Crippen molar-refractivity contribution < 1.29 is 24.5 Å². The van der Waals surface area contributed by atoms with Crippen LogP contribution in [0.2, 0.25) is 0 Å². The van der Waals surface area contributed by atoms with Crippen molar-refractivity contribution in [3.05, 3.63) is 36.5 Å². The Balaban J connectivity index is 4.65. The maximum absolute atomic E-state index is 13.2. The summed E-state index contributed by atoms with van der Waals surface area (Å²) < 4.78 is 5.89. The molecule has 0 aliphatic carbocycles. The zero-order valence-electron chi connectivity index (χ0n) is 39.4. The van der Waals surface area contributed by atoms with Crippen molar-refractivity contribution in [3.8, 4) is 0 Å². The van der Waals surface area contributed by atoms with E-state index < -0.39 is 18.2 Å². The Bertz CT molecular complexity index is 977. The van der Waals surface area contributed by atoms with E-state index in [2.05, 4.69) is 56.5 Å². The van der Waals surface area contributed by atoms with Crippen LogP contribution in [0.25, 0.3) is 0 Å². The van der Waals surface area contributed by atoms with E-state index in [1.807, 2.05) is 6.08 Å². The summed E-state index contributed by atoms with van der Waals surface area (Å²) in [5.41, 5.74) is 0. The summed E-state index contributed by atoms with van der Waals surface area (Å²) in [4.78, 5) is 26.1. The molecule has 0 radical (unpaired) electrons.